The van der Waals surface area contributed by atoms with Crippen LogP contribution in [0.2, 0.25) is 5.02 Å². The number of rotatable bonds is 2. The number of hydrogen-bond donors (Lipinski definition) is 0. The van der Waals surface area contributed by atoms with Gasteiger partial charge < -0.3 is 9.31 Å². The van der Waals surface area contributed by atoms with Crippen molar-refractivity contribution in [2.75, 3.05) is 0 Å². The molecular formula is C14H19BClNO2. The summed E-state index contributed by atoms with van der Waals surface area (Å²) in [6.45, 7) is 8.17. The van der Waals surface area contributed by atoms with Gasteiger partial charge in [-0.05, 0) is 46.6 Å². The molecule has 0 atom stereocenters. The molecule has 3 rings (SSSR count). The Morgan fingerprint density at radius 2 is 1.79 bits per heavy atom. The summed E-state index contributed by atoms with van der Waals surface area (Å²) in [7, 11) is -0.386. The molecular weight excluding hydrogens is 260 g/mol. The lowest BCUT2D eigenvalue weighted by Gasteiger charge is -2.32. The van der Waals surface area contributed by atoms with E-state index in [1.165, 1.54) is 12.8 Å². The third kappa shape index (κ3) is 2.30. The molecule has 2 fully saturated rings. The van der Waals surface area contributed by atoms with Crippen LogP contribution in [0.4, 0.5) is 0 Å². The van der Waals surface area contributed by atoms with Crippen LogP contribution in [-0.4, -0.2) is 23.3 Å². The van der Waals surface area contributed by atoms with E-state index < -0.39 is 0 Å². The van der Waals surface area contributed by atoms with Crippen LogP contribution >= 0.6 is 11.6 Å². The van der Waals surface area contributed by atoms with Crippen LogP contribution in [0.1, 0.15) is 52.1 Å². The molecule has 1 saturated carbocycles. The van der Waals surface area contributed by atoms with Crippen LogP contribution in [0.15, 0.2) is 12.3 Å². The first kappa shape index (κ1) is 13.4. The topological polar surface area (TPSA) is 31.4 Å². The van der Waals surface area contributed by atoms with Crippen LogP contribution in [0.25, 0.3) is 0 Å². The number of aromatic nitrogens is 1. The average Bonchev–Trinajstić information content (AvgIpc) is 3.07. The monoisotopic (exact) mass is 279 g/mol. The second kappa shape index (κ2) is 4.21. The predicted octanol–water partition coefficient (Wildman–Crippen LogP) is 2.91. The SMILES string of the molecule is CC1(C)OB(c2cnc(C3CC3)c(Cl)c2)OC1(C)C. The summed E-state index contributed by atoms with van der Waals surface area (Å²) in [5, 5.41) is 0.731. The van der Waals surface area contributed by atoms with Crippen molar-refractivity contribution in [3.05, 3.63) is 23.0 Å². The van der Waals surface area contributed by atoms with Crippen molar-refractivity contribution in [1.82, 2.24) is 4.98 Å². The molecule has 19 heavy (non-hydrogen) atoms. The summed E-state index contributed by atoms with van der Waals surface area (Å²) in [6, 6.07) is 1.93. The Balaban J connectivity index is 1.86. The van der Waals surface area contributed by atoms with Crippen molar-refractivity contribution in [2.45, 2.75) is 57.7 Å². The largest absolute Gasteiger partial charge is 0.496 e. The summed E-state index contributed by atoms with van der Waals surface area (Å²) in [5.74, 6) is 0.555. The van der Waals surface area contributed by atoms with Gasteiger partial charge in [0.2, 0.25) is 0 Å². The molecule has 0 bridgehead atoms. The molecule has 0 amide bonds. The molecule has 1 aromatic rings. The maximum Gasteiger partial charge on any atom is 0.496 e. The molecule has 0 unspecified atom stereocenters. The molecule has 0 spiro atoms. The van der Waals surface area contributed by atoms with E-state index in [9.17, 15) is 0 Å². The zero-order chi connectivity index (χ0) is 13.8. The highest BCUT2D eigenvalue weighted by molar-refractivity contribution is 6.62. The van der Waals surface area contributed by atoms with Gasteiger partial charge in [-0.3, -0.25) is 4.98 Å². The van der Waals surface area contributed by atoms with E-state index in [2.05, 4.69) is 4.98 Å². The van der Waals surface area contributed by atoms with Gasteiger partial charge in [-0.1, -0.05) is 11.6 Å². The van der Waals surface area contributed by atoms with Crippen molar-refractivity contribution in [1.29, 1.82) is 0 Å². The summed E-state index contributed by atoms with van der Waals surface area (Å²) in [6.07, 6.45) is 4.23. The maximum atomic E-state index is 6.31. The third-order valence-electron chi connectivity index (χ3n) is 4.38. The van der Waals surface area contributed by atoms with Gasteiger partial charge in [-0.15, -0.1) is 0 Å². The lowest BCUT2D eigenvalue weighted by molar-refractivity contribution is 0.00578. The molecule has 1 aromatic heterocycles. The van der Waals surface area contributed by atoms with Crippen LogP contribution in [0.3, 0.4) is 0 Å². The fourth-order valence-corrected chi connectivity index (χ4v) is 2.56. The minimum atomic E-state index is -0.386. The average molecular weight is 280 g/mol. The summed E-state index contributed by atoms with van der Waals surface area (Å²) in [5.41, 5.74) is 1.24. The molecule has 102 valence electrons. The zero-order valence-electron chi connectivity index (χ0n) is 11.9. The zero-order valence-corrected chi connectivity index (χ0v) is 12.6. The third-order valence-corrected chi connectivity index (χ3v) is 4.68. The first-order valence-corrected chi connectivity index (χ1v) is 7.19. The highest BCUT2D eigenvalue weighted by Gasteiger charge is 2.52. The van der Waals surface area contributed by atoms with Gasteiger partial charge in [0.05, 0.1) is 21.9 Å². The first-order valence-electron chi connectivity index (χ1n) is 6.81. The Morgan fingerprint density at radius 3 is 2.26 bits per heavy atom. The van der Waals surface area contributed by atoms with E-state index in [0.29, 0.717) is 5.92 Å². The summed E-state index contributed by atoms with van der Waals surface area (Å²) >= 11 is 6.31. The smallest absolute Gasteiger partial charge is 0.399 e. The van der Waals surface area contributed by atoms with E-state index in [1.54, 1.807) is 0 Å². The van der Waals surface area contributed by atoms with Gasteiger partial charge in [-0.2, -0.15) is 0 Å². The quantitative estimate of drug-likeness (QED) is 0.780. The van der Waals surface area contributed by atoms with Crippen LogP contribution < -0.4 is 5.46 Å². The van der Waals surface area contributed by atoms with Gasteiger partial charge in [-0.25, -0.2) is 0 Å². The van der Waals surface area contributed by atoms with Gasteiger partial charge in [0.25, 0.3) is 0 Å². The lowest BCUT2D eigenvalue weighted by atomic mass is 9.80. The Labute approximate surface area is 119 Å². The standard InChI is InChI=1S/C14H19BClNO2/c1-13(2)14(3,4)19-15(18-13)10-7-11(16)12(17-8-10)9-5-6-9/h7-9H,5-6H2,1-4H3. The molecule has 3 nitrogen and oxygen atoms in total. The molecule has 1 aliphatic carbocycles. The molecule has 0 aromatic carbocycles. The molecule has 1 saturated heterocycles. The first-order chi connectivity index (χ1) is 8.80. The number of hydrogen-bond acceptors (Lipinski definition) is 3. The molecule has 2 heterocycles. The van der Waals surface area contributed by atoms with Gasteiger partial charge in [0.1, 0.15) is 0 Å². The van der Waals surface area contributed by atoms with E-state index >= 15 is 0 Å². The highest BCUT2D eigenvalue weighted by Crippen LogP contribution is 2.42. The Hall–Kier alpha value is -0.575. The normalized spacial score (nSPS) is 24.8. The predicted molar refractivity (Wildman–Crippen MR) is 76.9 cm³/mol. The Kier molecular flexibility index (Phi) is 2.97. The van der Waals surface area contributed by atoms with Crippen LogP contribution in [-0.2, 0) is 9.31 Å². The molecule has 1 aliphatic heterocycles. The highest BCUT2D eigenvalue weighted by atomic mass is 35.5. The fraction of sp³-hybridized carbons (Fsp3) is 0.643. The van der Waals surface area contributed by atoms with Crippen LogP contribution in [0, 0.1) is 0 Å². The van der Waals surface area contributed by atoms with Gasteiger partial charge >= 0.3 is 7.12 Å². The Bertz CT molecular complexity index is 498. The van der Waals surface area contributed by atoms with Crippen molar-refractivity contribution in [3.63, 3.8) is 0 Å². The molecule has 5 heteroatoms. The van der Waals surface area contributed by atoms with Crippen molar-refractivity contribution >= 4 is 24.2 Å². The van der Waals surface area contributed by atoms with Crippen molar-refractivity contribution in [3.8, 4) is 0 Å². The van der Waals surface area contributed by atoms with E-state index in [0.717, 1.165) is 16.2 Å². The maximum absolute atomic E-state index is 6.31. The summed E-state index contributed by atoms with van der Waals surface area (Å²) < 4.78 is 12.0. The van der Waals surface area contributed by atoms with Crippen molar-refractivity contribution < 1.29 is 9.31 Å². The van der Waals surface area contributed by atoms with Gasteiger partial charge in [0, 0.05) is 17.6 Å². The summed E-state index contributed by atoms with van der Waals surface area (Å²) in [4.78, 5) is 4.49. The molecule has 2 aliphatic rings. The second-order valence-corrected chi connectivity index (χ2v) is 6.91. The van der Waals surface area contributed by atoms with Gasteiger partial charge in [0.15, 0.2) is 0 Å². The minimum absolute atomic E-state index is 0.334. The fourth-order valence-electron chi connectivity index (χ4n) is 2.23. The van der Waals surface area contributed by atoms with Crippen molar-refractivity contribution in [2.24, 2.45) is 0 Å². The molecule has 0 N–H and O–H groups in total. The van der Waals surface area contributed by atoms with Crippen LogP contribution in [0.5, 0.6) is 0 Å². The van der Waals surface area contributed by atoms with E-state index in [-0.39, 0.29) is 18.3 Å². The Morgan fingerprint density at radius 1 is 1.21 bits per heavy atom. The lowest BCUT2D eigenvalue weighted by Crippen LogP contribution is -2.41. The number of pyridine rings is 1. The van der Waals surface area contributed by atoms with E-state index in [4.69, 9.17) is 20.9 Å². The number of halogens is 1. The minimum Gasteiger partial charge on any atom is -0.399 e. The second-order valence-electron chi connectivity index (χ2n) is 6.50. The van der Waals surface area contributed by atoms with E-state index in [1.807, 2.05) is 40.0 Å². The molecule has 0 radical (unpaired) electrons. The number of nitrogens with zero attached hydrogens (tertiary/aromatic N) is 1.